The smallest absolute Gasteiger partial charge is 0.282 e. The highest BCUT2D eigenvalue weighted by Gasteiger charge is 2.23. The van der Waals surface area contributed by atoms with Crippen LogP contribution in [0.1, 0.15) is 43.0 Å². The van der Waals surface area contributed by atoms with Gasteiger partial charge in [-0.3, -0.25) is 14.5 Å². The molecule has 0 saturated carbocycles. The first kappa shape index (κ1) is 25.6. The average Bonchev–Trinajstić information content (AvgIpc) is 3.52. The van der Waals surface area contributed by atoms with E-state index >= 15 is 4.39 Å². The third kappa shape index (κ3) is 4.10. The number of hydrogen-bond acceptors (Lipinski definition) is 6. The van der Waals surface area contributed by atoms with Crippen LogP contribution in [0.4, 0.5) is 4.39 Å². The number of hydrogen-bond donors (Lipinski definition) is 2. The van der Waals surface area contributed by atoms with E-state index in [0.29, 0.717) is 34.6 Å². The molecule has 1 aliphatic heterocycles. The second-order valence-corrected chi connectivity index (χ2v) is 11.1. The van der Waals surface area contributed by atoms with E-state index in [2.05, 4.69) is 15.2 Å². The van der Waals surface area contributed by atoms with Gasteiger partial charge in [-0.2, -0.15) is 14.9 Å². The Bertz CT molecular complexity index is 1910. The summed E-state index contributed by atoms with van der Waals surface area (Å²) in [6.45, 7) is 6.06. The van der Waals surface area contributed by atoms with E-state index in [4.69, 9.17) is 5.73 Å². The number of aryl methyl sites for hydroxylation is 1. The van der Waals surface area contributed by atoms with Gasteiger partial charge in [0.25, 0.3) is 5.56 Å². The largest absolute Gasteiger partial charge is 0.392 e. The lowest BCUT2D eigenvalue weighted by molar-refractivity contribution is 0.282. The molecule has 202 valence electrons. The predicted molar refractivity (Wildman–Crippen MR) is 154 cm³/mol. The first-order valence-corrected chi connectivity index (χ1v) is 13.0. The number of aliphatic hydroxyl groups is 1. The number of fused-ring (bicyclic) bond motifs is 2. The number of rotatable bonds is 4. The van der Waals surface area contributed by atoms with Gasteiger partial charge in [-0.1, -0.05) is 32.9 Å². The molecule has 0 aliphatic carbocycles. The summed E-state index contributed by atoms with van der Waals surface area (Å²) >= 11 is 0. The Hall–Kier alpha value is -4.63. The van der Waals surface area contributed by atoms with E-state index in [0.717, 1.165) is 38.1 Å². The highest BCUT2D eigenvalue weighted by Crippen LogP contribution is 2.37. The molecule has 0 amide bonds. The van der Waals surface area contributed by atoms with Crippen molar-refractivity contribution < 1.29 is 9.50 Å². The number of aliphatic hydroxyl groups excluding tert-OH is 1. The number of aliphatic imine (C=N–C) groups is 1. The molecule has 2 aromatic heterocycles. The molecule has 0 atom stereocenters. The molecule has 0 spiro atoms. The zero-order valence-electron chi connectivity index (χ0n) is 22.7. The van der Waals surface area contributed by atoms with E-state index < -0.39 is 11.4 Å². The van der Waals surface area contributed by atoms with Crippen LogP contribution in [-0.4, -0.2) is 30.5 Å². The van der Waals surface area contributed by atoms with Crippen LogP contribution in [0.3, 0.4) is 0 Å². The molecule has 0 fully saturated rings. The fraction of sp³-hybridized carbons (Fsp3) is 0.226. The summed E-state index contributed by atoms with van der Waals surface area (Å²) in [5.41, 5.74) is 12.2. The molecule has 0 saturated heterocycles. The topological polar surface area (TPSA) is 111 Å². The van der Waals surface area contributed by atoms with Gasteiger partial charge in [0.05, 0.1) is 36.6 Å². The van der Waals surface area contributed by atoms with Gasteiger partial charge < -0.3 is 10.8 Å². The van der Waals surface area contributed by atoms with Crippen molar-refractivity contribution in [2.45, 2.75) is 39.3 Å². The molecule has 3 heterocycles. The minimum atomic E-state index is -0.597. The molecule has 6 rings (SSSR count). The standard InChI is InChI=1S/C31H29FN6O2/c1-31(2,3)20-8-18-12-36-38(30(40)28(18)26(32)11-20)27-7-5-6-21(25(27)16-39)17-9-22(19-13-35-37(4)15-19)24-14-34-29(33)23(24)10-17/h5-13,15,39H,14,16H2,1-4H3,(H2,33,34). The maximum absolute atomic E-state index is 15.3. The van der Waals surface area contributed by atoms with Crippen LogP contribution in [0.15, 0.2) is 70.8 Å². The molecule has 0 unspecified atom stereocenters. The van der Waals surface area contributed by atoms with Crippen molar-refractivity contribution in [2.75, 3.05) is 0 Å². The minimum absolute atomic E-state index is 0.0438. The Kier molecular flexibility index (Phi) is 5.92. The van der Waals surface area contributed by atoms with Crippen molar-refractivity contribution in [2.24, 2.45) is 17.8 Å². The van der Waals surface area contributed by atoms with Gasteiger partial charge in [0.1, 0.15) is 11.7 Å². The third-order valence-corrected chi connectivity index (χ3v) is 7.50. The molecule has 9 heteroatoms. The first-order chi connectivity index (χ1) is 19.1. The van der Waals surface area contributed by atoms with Crippen LogP contribution in [0, 0.1) is 5.82 Å². The number of nitrogens with two attached hydrogens (primary N) is 1. The zero-order valence-corrected chi connectivity index (χ0v) is 22.7. The molecule has 5 aromatic rings. The summed E-state index contributed by atoms with van der Waals surface area (Å²) in [5.74, 6) is -0.152. The highest BCUT2D eigenvalue weighted by atomic mass is 19.1. The van der Waals surface area contributed by atoms with E-state index in [1.807, 2.05) is 52.2 Å². The SMILES string of the molecule is Cn1cc(-c2cc(-c3cccc(-n4ncc5cc(C(C)(C)C)cc(F)c5c4=O)c3CO)cc3c2CN=C3N)cn1. The predicted octanol–water partition coefficient (Wildman–Crippen LogP) is 4.60. The Balaban J connectivity index is 1.55. The lowest BCUT2D eigenvalue weighted by Crippen LogP contribution is -2.24. The van der Waals surface area contributed by atoms with Crippen LogP contribution in [-0.2, 0) is 25.6 Å². The molecule has 40 heavy (non-hydrogen) atoms. The van der Waals surface area contributed by atoms with Gasteiger partial charge in [0.2, 0.25) is 0 Å². The average molecular weight is 537 g/mol. The number of aromatic nitrogens is 4. The summed E-state index contributed by atoms with van der Waals surface area (Å²) in [5, 5.41) is 19.7. The first-order valence-electron chi connectivity index (χ1n) is 13.0. The quantitative estimate of drug-likeness (QED) is 0.349. The fourth-order valence-electron chi connectivity index (χ4n) is 5.34. The van der Waals surface area contributed by atoms with Gasteiger partial charge in [-0.25, -0.2) is 4.39 Å². The van der Waals surface area contributed by atoms with Crippen molar-refractivity contribution in [1.82, 2.24) is 19.6 Å². The molecule has 3 N–H and O–H groups in total. The molecule has 3 aromatic carbocycles. The van der Waals surface area contributed by atoms with Crippen molar-refractivity contribution in [3.63, 3.8) is 0 Å². The Morgan fingerprint density at radius 3 is 2.50 bits per heavy atom. The summed E-state index contributed by atoms with van der Waals surface area (Å²) < 4.78 is 18.2. The minimum Gasteiger partial charge on any atom is -0.392 e. The van der Waals surface area contributed by atoms with Crippen LogP contribution >= 0.6 is 0 Å². The second-order valence-electron chi connectivity index (χ2n) is 11.1. The third-order valence-electron chi connectivity index (χ3n) is 7.50. The normalized spacial score (nSPS) is 13.1. The number of amidine groups is 1. The zero-order chi connectivity index (χ0) is 28.3. The molecular formula is C31H29FN6O2. The second kappa shape index (κ2) is 9.24. The van der Waals surface area contributed by atoms with E-state index in [9.17, 15) is 9.90 Å². The lowest BCUT2D eigenvalue weighted by Gasteiger charge is -2.20. The van der Waals surface area contributed by atoms with E-state index in [1.165, 1.54) is 12.3 Å². The Morgan fingerprint density at radius 2 is 1.80 bits per heavy atom. The maximum atomic E-state index is 15.3. The number of halogens is 1. The van der Waals surface area contributed by atoms with E-state index in [-0.39, 0.29) is 17.4 Å². The fourth-order valence-corrected chi connectivity index (χ4v) is 5.34. The van der Waals surface area contributed by atoms with Crippen molar-refractivity contribution >= 4 is 16.6 Å². The Morgan fingerprint density at radius 1 is 1.02 bits per heavy atom. The van der Waals surface area contributed by atoms with Gasteiger partial charge in [0.15, 0.2) is 0 Å². The van der Waals surface area contributed by atoms with Gasteiger partial charge in [0, 0.05) is 35.3 Å². The monoisotopic (exact) mass is 536 g/mol. The Labute approximate surface area is 230 Å². The van der Waals surface area contributed by atoms with Crippen molar-refractivity contribution in [3.8, 4) is 27.9 Å². The van der Waals surface area contributed by atoms with E-state index in [1.54, 1.807) is 29.1 Å². The number of benzene rings is 3. The molecule has 0 radical (unpaired) electrons. The number of nitrogens with zero attached hydrogens (tertiary/aromatic N) is 5. The summed E-state index contributed by atoms with van der Waals surface area (Å²) in [7, 11) is 1.85. The molecular weight excluding hydrogens is 507 g/mol. The maximum Gasteiger partial charge on any atom is 0.282 e. The summed E-state index contributed by atoms with van der Waals surface area (Å²) in [4.78, 5) is 18.0. The van der Waals surface area contributed by atoms with Gasteiger partial charge in [-0.05, 0) is 63.6 Å². The van der Waals surface area contributed by atoms with Crippen molar-refractivity contribution in [3.05, 3.63) is 99.5 Å². The van der Waals surface area contributed by atoms with Gasteiger partial charge >= 0.3 is 0 Å². The lowest BCUT2D eigenvalue weighted by atomic mass is 9.86. The van der Waals surface area contributed by atoms with Crippen LogP contribution in [0.2, 0.25) is 0 Å². The van der Waals surface area contributed by atoms with Gasteiger partial charge in [-0.15, -0.1) is 0 Å². The summed E-state index contributed by atoms with van der Waals surface area (Å²) in [6, 6.07) is 12.5. The van der Waals surface area contributed by atoms with Crippen LogP contribution in [0.25, 0.3) is 38.7 Å². The van der Waals surface area contributed by atoms with Crippen LogP contribution < -0.4 is 11.3 Å². The van der Waals surface area contributed by atoms with Crippen LogP contribution in [0.5, 0.6) is 0 Å². The molecule has 8 nitrogen and oxygen atoms in total. The molecule has 1 aliphatic rings. The highest BCUT2D eigenvalue weighted by molar-refractivity contribution is 6.04. The summed E-state index contributed by atoms with van der Waals surface area (Å²) in [6.07, 6.45) is 5.21. The van der Waals surface area contributed by atoms with Crippen molar-refractivity contribution in [1.29, 1.82) is 0 Å². The molecule has 0 bridgehead atoms.